The normalized spacial score (nSPS) is 11.2. The lowest BCUT2D eigenvalue weighted by Gasteiger charge is -2.21. The lowest BCUT2D eigenvalue weighted by Crippen LogP contribution is -2.12. The average Bonchev–Trinajstić information content (AvgIpc) is 2.68. The third-order valence-electron chi connectivity index (χ3n) is 4.53. The SMILES string of the molecule is C=CC(=O)Oc1c2ccccc2c(OC(=O)C=C)c2cc(C(C)(C)C)ccc12. The molecule has 0 atom stereocenters. The van der Waals surface area contributed by atoms with Crippen LogP contribution in [-0.2, 0) is 15.0 Å². The van der Waals surface area contributed by atoms with Crippen molar-refractivity contribution in [3.8, 4) is 11.5 Å². The smallest absolute Gasteiger partial charge is 0.335 e. The van der Waals surface area contributed by atoms with Crippen molar-refractivity contribution in [2.75, 3.05) is 0 Å². The maximum absolute atomic E-state index is 12.0. The molecule has 0 saturated carbocycles. The Morgan fingerprint density at radius 2 is 1.25 bits per heavy atom. The van der Waals surface area contributed by atoms with Gasteiger partial charge >= 0.3 is 11.9 Å². The van der Waals surface area contributed by atoms with E-state index in [0.717, 1.165) is 17.7 Å². The van der Waals surface area contributed by atoms with Crippen molar-refractivity contribution in [3.63, 3.8) is 0 Å². The Hall–Kier alpha value is -3.40. The zero-order valence-electron chi connectivity index (χ0n) is 16.2. The molecule has 142 valence electrons. The first-order valence-electron chi connectivity index (χ1n) is 8.93. The Morgan fingerprint density at radius 3 is 1.71 bits per heavy atom. The van der Waals surface area contributed by atoms with Gasteiger partial charge in [-0.25, -0.2) is 9.59 Å². The summed E-state index contributed by atoms with van der Waals surface area (Å²) in [6, 6.07) is 13.2. The molecule has 0 amide bonds. The third kappa shape index (κ3) is 3.54. The minimum absolute atomic E-state index is 0.114. The molecular formula is C24H22O4. The van der Waals surface area contributed by atoms with E-state index in [1.54, 1.807) is 0 Å². The van der Waals surface area contributed by atoms with Crippen LogP contribution in [0.3, 0.4) is 0 Å². The number of fused-ring (bicyclic) bond motifs is 2. The van der Waals surface area contributed by atoms with Crippen molar-refractivity contribution in [1.29, 1.82) is 0 Å². The van der Waals surface area contributed by atoms with Crippen LogP contribution in [0.5, 0.6) is 11.5 Å². The van der Waals surface area contributed by atoms with E-state index in [4.69, 9.17) is 9.47 Å². The zero-order chi connectivity index (χ0) is 20.5. The maximum Gasteiger partial charge on any atom is 0.335 e. The van der Waals surface area contributed by atoms with Gasteiger partial charge in [0, 0.05) is 33.7 Å². The van der Waals surface area contributed by atoms with Crippen LogP contribution in [0.1, 0.15) is 26.3 Å². The Balaban J connectivity index is 2.46. The van der Waals surface area contributed by atoms with Crippen molar-refractivity contribution < 1.29 is 19.1 Å². The van der Waals surface area contributed by atoms with Crippen LogP contribution in [0.25, 0.3) is 21.5 Å². The molecule has 0 heterocycles. The fourth-order valence-electron chi connectivity index (χ4n) is 3.07. The highest BCUT2D eigenvalue weighted by atomic mass is 16.5. The van der Waals surface area contributed by atoms with Crippen LogP contribution in [0.2, 0.25) is 0 Å². The molecule has 0 saturated heterocycles. The highest BCUT2D eigenvalue weighted by Crippen LogP contribution is 2.44. The summed E-state index contributed by atoms with van der Waals surface area (Å²) in [7, 11) is 0. The molecule has 4 nitrogen and oxygen atoms in total. The molecule has 0 N–H and O–H groups in total. The second kappa shape index (κ2) is 7.31. The zero-order valence-corrected chi connectivity index (χ0v) is 16.2. The Morgan fingerprint density at radius 1 is 0.786 bits per heavy atom. The van der Waals surface area contributed by atoms with Crippen molar-refractivity contribution in [3.05, 3.63) is 73.3 Å². The minimum Gasteiger partial charge on any atom is -0.422 e. The largest absolute Gasteiger partial charge is 0.422 e. The third-order valence-corrected chi connectivity index (χ3v) is 4.53. The second-order valence-corrected chi connectivity index (χ2v) is 7.46. The van der Waals surface area contributed by atoms with E-state index in [2.05, 4.69) is 33.9 Å². The predicted octanol–water partition coefficient (Wildman–Crippen LogP) is 5.47. The molecule has 0 aliphatic heterocycles. The topological polar surface area (TPSA) is 52.6 Å². The molecule has 0 radical (unpaired) electrons. The molecule has 0 aliphatic rings. The Labute approximate surface area is 164 Å². The number of hydrogen-bond acceptors (Lipinski definition) is 4. The van der Waals surface area contributed by atoms with Crippen molar-refractivity contribution in [2.24, 2.45) is 0 Å². The first-order chi connectivity index (χ1) is 13.3. The van der Waals surface area contributed by atoms with Gasteiger partial charge in [0.25, 0.3) is 0 Å². The predicted molar refractivity (Wildman–Crippen MR) is 112 cm³/mol. The number of esters is 2. The van der Waals surface area contributed by atoms with Crippen LogP contribution in [0, 0.1) is 0 Å². The minimum atomic E-state index is -0.554. The van der Waals surface area contributed by atoms with Gasteiger partial charge in [-0.3, -0.25) is 0 Å². The molecule has 0 aromatic heterocycles. The maximum atomic E-state index is 12.0. The monoisotopic (exact) mass is 374 g/mol. The summed E-state index contributed by atoms with van der Waals surface area (Å²) in [4.78, 5) is 24.0. The summed E-state index contributed by atoms with van der Waals surface area (Å²) in [5.41, 5.74) is 0.949. The summed E-state index contributed by atoms with van der Waals surface area (Å²) in [5, 5.41) is 2.70. The highest BCUT2D eigenvalue weighted by molar-refractivity contribution is 6.13. The van der Waals surface area contributed by atoms with E-state index >= 15 is 0 Å². The summed E-state index contributed by atoms with van der Waals surface area (Å²) in [6.45, 7) is 13.3. The number of rotatable bonds is 4. The molecule has 4 heteroatoms. The molecule has 0 bridgehead atoms. The average molecular weight is 374 g/mol. The number of hydrogen-bond donors (Lipinski definition) is 0. The van der Waals surface area contributed by atoms with Crippen LogP contribution in [-0.4, -0.2) is 11.9 Å². The number of carbonyl (C=O) groups is 2. The van der Waals surface area contributed by atoms with Crippen LogP contribution < -0.4 is 9.47 Å². The Kier molecular flexibility index (Phi) is 5.06. The molecule has 3 aromatic carbocycles. The number of carbonyl (C=O) groups excluding carboxylic acids is 2. The van der Waals surface area contributed by atoms with Crippen LogP contribution >= 0.6 is 0 Å². The van der Waals surface area contributed by atoms with Crippen LogP contribution in [0.4, 0.5) is 0 Å². The molecule has 0 aliphatic carbocycles. The summed E-state index contributed by atoms with van der Waals surface area (Å²) in [6.07, 6.45) is 2.25. The molecule has 0 fully saturated rings. The molecule has 28 heavy (non-hydrogen) atoms. The van der Waals surface area contributed by atoms with Gasteiger partial charge in [-0.05, 0) is 17.0 Å². The van der Waals surface area contributed by atoms with E-state index in [0.29, 0.717) is 33.0 Å². The van der Waals surface area contributed by atoms with Gasteiger partial charge in [0.1, 0.15) is 11.5 Å². The van der Waals surface area contributed by atoms with E-state index < -0.39 is 11.9 Å². The van der Waals surface area contributed by atoms with Gasteiger partial charge in [0.2, 0.25) is 0 Å². The quantitative estimate of drug-likeness (QED) is 0.263. The molecule has 0 unspecified atom stereocenters. The van der Waals surface area contributed by atoms with Crippen LogP contribution in [0.15, 0.2) is 67.8 Å². The van der Waals surface area contributed by atoms with Gasteiger partial charge < -0.3 is 9.47 Å². The number of benzene rings is 3. The van der Waals surface area contributed by atoms with Crippen molar-refractivity contribution >= 4 is 33.5 Å². The van der Waals surface area contributed by atoms with Gasteiger partial charge in [0.15, 0.2) is 0 Å². The lowest BCUT2D eigenvalue weighted by molar-refractivity contribution is -0.129. The summed E-state index contributed by atoms with van der Waals surface area (Å²) >= 11 is 0. The Bertz CT molecular complexity index is 1120. The van der Waals surface area contributed by atoms with Gasteiger partial charge in [0.05, 0.1) is 0 Å². The standard InChI is InChI=1S/C24H22O4/c1-6-20(25)27-22-16-10-8-9-11-17(16)23(28-21(26)7-2)19-14-15(24(3,4)5)12-13-18(19)22/h6-14H,1-2H2,3-5H3. The van der Waals surface area contributed by atoms with Gasteiger partial charge in [-0.2, -0.15) is 0 Å². The fraction of sp³-hybridized carbons (Fsp3) is 0.167. The first-order valence-corrected chi connectivity index (χ1v) is 8.93. The molecule has 3 rings (SSSR count). The molecule has 3 aromatic rings. The van der Waals surface area contributed by atoms with E-state index in [1.807, 2.05) is 42.5 Å². The van der Waals surface area contributed by atoms with Gasteiger partial charge in [-0.1, -0.05) is 70.3 Å². The second-order valence-electron chi connectivity index (χ2n) is 7.46. The van der Waals surface area contributed by atoms with Crippen molar-refractivity contribution in [1.82, 2.24) is 0 Å². The van der Waals surface area contributed by atoms with E-state index in [-0.39, 0.29) is 5.41 Å². The van der Waals surface area contributed by atoms with Crippen molar-refractivity contribution in [2.45, 2.75) is 26.2 Å². The van der Waals surface area contributed by atoms with Gasteiger partial charge in [-0.15, -0.1) is 0 Å². The first kappa shape index (κ1) is 19.4. The fourth-order valence-corrected chi connectivity index (χ4v) is 3.07. The summed E-state index contributed by atoms with van der Waals surface area (Å²) < 4.78 is 11.2. The molecular weight excluding hydrogens is 352 g/mol. The highest BCUT2D eigenvalue weighted by Gasteiger charge is 2.21. The van der Waals surface area contributed by atoms with E-state index in [1.165, 1.54) is 0 Å². The lowest BCUT2D eigenvalue weighted by atomic mass is 9.85. The molecule has 0 spiro atoms. The number of ether oxygens (including phenoxy) is 2. The van der Waals surface area contributed by atoms with E-state index in [9.17, 15) is 9.59 Å². The summed E-state index contributed by atoms with van der Waals surface area (Å²) in [5.74, 6) is -0.278.